The van der Waals surface area contributed by atoms with Gasteiger partial charge in [0.25, 0.3) is 0 Å². The van der Waals surface area contributed by atoms with Crippen molar-refractivity contribution in [1.29, 1.82) is 0 Å². The normalized spacial score (nSPS) is 11.7. The Hall–Kier alpha value is -5.86. The Kier molecular flexibility index (Phi) is 6.55. The van der Waals surface area contributed by atoms with Crippen molar-refractivity contribution in [1.82, 2.24) is 9.97 Å². The molecule has 0 saturated heterocycles. The summed E-state index contributed by atoms with van der Waals surface area (Å²) in [4.78, 5) is 10.3. The summed E-state index contributed by atoms with van der Waals surface area (Å²) in [5.41, 5.74) is 7.31. The van der Waals surface area contributed by atoms with Crippen LogP contribution in [0.25, 0.3) is 96.6 Å². The second kappa shape index (κ2) is 11.4. The third kappa shape index (κ3) is 4.70. The van der Waals surface area contributed by atoms with Gasteiger partial charge >= 0.3 is 219 Å². The van der Waals surface area contributed by atoms with E-state index in [1.807, 2.05) is 18.2 Å². The SMILES string of the molecule is c1ccc(-c2cccc(-c3cc(-c4ccc5c(c4)c4ccccc4c4c5ccc5c6ccccc6[se]c54)nc(-c4ccccc4)n3)c2)cc1. The van der Waals surface area contributed by atoms with Crippen LogP contribution in [-0.4, -0.2) is 24.5 Å². The molecule has 0 aliphatic carbocycles. The zero-order valence-corrected chi connectivity index (χ0v) is 28.2. The molecule has 0 aliphatic heterocycles. The van der Waals surface area contributed by atoms with Gasteiger partial charge in [0.15, 0.2) is 0 Å². The van der Waals surface area contributed by atoms with Crippen LogP contribution in [0.5, 0.6) is 0 Å². The summed E-state index contributed by atoms with van der Waals surface area (Å²) < 4.78 is 2.97. The van der Waals surface area contributed by atoms with E-state index in [0.717, 1.165) is 33.9 Å². The van der Waals surface area contributed by atoms with Crippen LogP contribution in [0.3, 0.4) is 0 Å². The Bertz CT molecular complexity index is 2850. The van der Waals surface area contributed by atoms with Crippen LogP contribution < -0.4 is 0 Å². The summed E-state index contributed by atoms with van der Waals surface area (Å²) in [5.74, 6) is 0.721. The molecule has 2 nitrogen and oxygen atoms in total. The van der Waals surface area contributed by atoms with Gasteiger partial charge < -0.3 is 0 Å². The van der Waals surface area contributed by atoms with E-state index in [0.29, 0.717) is 0 Å². The number of benzene rings is 8. The van der Waals surface area contributed by atoms with Gasteiger partial charge in [-0.25, -0.2) is 0 Å². The molecular formula is C46H28N2Se. The van der Waals surface area contributed by atoms with Gasteiger partial charge in [-0.1, -0.05) is 60.7 Å². The second-order valence-corrected chi connectivity index (χ2v) is 14.8. The van der Waals surface area contributed by atoms with Crippen LogP contribution in [0, 0.1) is 0 Å². The molecule has 8 aromatic carbocycles. The maximum atomic E-state index is 5.19. The summed E-state index contributed by atoms with van der Waals surface area (Å²) in [6.07, 6.45) is 0. The molecule has 2 heterocycles. The predicted octanol–water partition coefficient (Wildman–Crippen LogP) is 12.0. The monoisotopic (exact) mass is 688 g/mol. The van der Waals surface area contributed by atoms with Crippen molar-refractivity contribution in [3.8, 4) is 45.0 Å². The molecule has 3 heteroatoms. The topological polar surface area (TPSA) is 25.8 Å². The van der Waals surface area contributed by atoms with E-state index in [1.165, 1.54) is 62.7 Å². The minimum atomic E-state index is 0.269. The van der Waals surface area contributed by atoms with E-state index in [9.17, 15) is 0 Å². The molecule has 0 bridgehead atoms. The summed E-state index contributed by atoms with van der Waals surface area (Å²) in [7, 11) is 0. The number of nitrogens with zero attached hydrogens (tertiary/aromatic N) is 2. The molecule has 2 aromatic heterocycles. The van der Waals surface area contributed by atoms with Crippen LogP contribution in [0.4, 0.5) is 0 Å². The minimum Gasteiger partial charge on any atom is -0.0617 e. The van der Waals surface area contributed by atoms with E-state index in [-0.39, 0.29) is 14.5 Å². The smallest absolute Gasteiger partial charge is 0.0617 e. The molecular weight excluding hydrogens is 659 g/mol. The van der Waals surface area contributed by atoms with Crippen molar-refractivity contribution in [3.05, 3.63) is 170 Å². The van der Waals surface area contributed by atoms with Gasteiger partial charge in [-0.05, 0) is 11.1 Å². The van der Waals surface area contributed by atoms with Gasteiger partial charge in [-0.15, -0.1) is 0 Å². The van der Waals surface area contributed by atoms with Crippen LogP contribution in [0.1, 0.15) is 0 Å². The zero-order chi connectivity index (χ0) is 32.3. The molecule has 0 saturated carbocycles. The quantitative estimate of drug-likeness (QED) is 0.136. The van der Waals surface area contributed by atoms with Crippen LogP contribution in [0.15, 0.2) is 170 Å². The molecule has 0 spiro atoms. The Morgan fingerprint density at radius 1 is 0.327 bits per heavy atom. The Morgan fingerprint density at radius 2 is 0.878 bits per heavy atom. The average molecular weight is 688 g/mol. The van der Waals surface area contributed by atoms with Crippen molar-refractivity contribution in [2.75, 3.05) is 0 Å². The summed E-state index contributed by atoms with van der Waals surface area (Å²) >= 11 is 0.269. The van der Waals surface area contributed by atoms with Crippen LogP contribution >= 0.6 is 0 Å². The fourth-order valence-corrected chi connectivity index (χ4v) is 9.98. The molecule has 10 aromatic rings. The van der Waals surface area contributed by atoms with E-state index in [1.54, 1.807) is 0 Å². The van der Waals surface area contributed by atoms with Gasteiger partial charge in [0, 0.05) is 0 Å². The number of aromatic nitrogens is 2. The van der Waals surface area contributed by atoms with E-state index < -0.39 is 0 Å². The van der Waals surface area contributed by atoms with Gasteiger partial charge in [0.2, 0.25) is 0 Å². The Balaban J connectivity index is 1.20. The number of hydrogen-bond donors (Lipinski definition) is 0. The summed E-state index contributed by atoms with van der Waals surface area (Å²) in [6.45, 7) is 0. The molecule has 10 rings (SSSR count). The van der Waals surface area contributed by atoms with Crippen molar-refractivity contribution >= 4 is 66.1 Å². The number of fused-ring (bicyclic) bond motifs is 10. The Morgan fingerprint density at radius 3 is 1.67 bits per heavy atom. The van der Waals surface area contributed by atoms with E-state index in [4.69, 9.17) is 9.97 Å². The fourth-order valence-electron chi connectivity index (χ4n) is 7.33. The first-order chi connectivity index (χ1) is 24.3. The second-order valence-electron chi connectivity index (χ2n) is 12.5. The van der Waals surface area contributed by atoms with Gasteiger partial charge in [-0.3, -0.25) is 0 Å². The fraction of sp³-hybridized carbons (Fsp3) is 0. The van der Waals surface area contributed by atoms with Crippen molar-refractivity contribution in [2.24, 2.45) is 0 Å². The standard InChI is InChI=1S/C46H28N2Se/c1-3-12-29(13-4-1)31-16-11-17-32(26-31)41-28-42(48-46(47-41)30-14-5-2-6-15-30)33-22-23-35-38-24-25-39-36-19-9-10-21-43(36)49-45(39)44(38)37-20-8-7-18-34(37)40(35)27-33/h1-28H. The molecule has 0 amide bonds. The molecule has 0 unspecified atom stereocenters. The van der Waals surface area contributed by atoms with Gasteiger partial charge in [0.05, 0.1) is 0 Å². The third-order valence-electron chi connectivity index (χ3n) is 9.66. The number of rotatable bonds is 4. The first kappa shape index (κ1) is 28.2. The van der Waals surface area contributed by atoms with E-state index in [2.05, 4.69) is 152 Å². The average Bonchev–Trinajstić information content (AvgIpc) is 3.57. The summed E-state index contributed by atoms with van der Waals surface area (Å²) in [5, 5.41) is 10.6. The maximum absolute atomic E-state index is 5.19. The number of hydrogen-bond acceptors (Lipinski definition) is 2. The first-order valence-electron chi connectivity index (χ1n) is 16.6. The van der Waals surface area contributed by atoms with Crippen LogP contribution in [0.2, 0.25) is 0 Å². The van der Waals surface area contributed by atoms with Gasteiger partial charge in [0.1, 0.15) is 0 Å². The molecule has 49 heavy (non-hydrogen) atoms. The molecule has 0 radical (unpaired) electrons. The summed E-state index contributed by atoms with van der Waals surface area (Å²) in [6, 6.07) is 61.0. The molecule has 0 atom stereocenters. The van der Waals surface area contributed by atoms with Crippen molar-refractivity contribution in [2.45, 2.75) is 0 Å². The van der Waals surface area contributed by atoms with Gasteiger partial charge in [-0.2, -0.15) is 0 Å². The zero-order valence-electron chi connectivity index (χ0n) is 26.5. The third-order valence-corrected chi connectivity index (χ3v) is 12.2. The minimum absolute atomic E-state index is 0.269. The van der Waals surface area contributed by atoms with Crippen molar-refractivity contribution in [3.63, 3.8) is 0 Å². The molecule has 0 fully saturated rings. The van der Waals surface area contributed by atoms with Crippen molar-refractivity contribution < 1.29 is 0 Å². The molecule has 0 aliphatic rings. The van der Waals surface area contributed by atoms with E-state index >= 15 is 0 Å². The first-order valence-corrected chi connectivity index (χ1v) is 18.3. The predicted molar refractivity (Wildman–Crippen MR) is 208 cm³/mol. The molecule has 0 N–H and O–H groups in total. The Labute approximate surface area is 289 Å². The molecule has 228 valence electrons. The van der Waals surface area contributed by atoms with Crippen LogP contribution in [-0.2, 0) is 0 Å².